The van der Waals surface area contributed by atoms with Crippen LogP contribution in [0.1, 0.15) is 67.4 Å². The maximum atomic E-state index is 12.3. The van der Waals surface area contributed by atoms with E-state index in [1.165, 1.54) is 12.2 Å². The van der Waals surface area contributed by atoms with Gasteiger partial charge in [-0.25, -0.2) is 4.79 Å². The molecular formula is C28H37BO6. The molecule has 0 unspecified atom stereocenters. The molecule has 3 rings (SSSR count). The van der Waals surface area contributed by atoms with E-state index in [2.05, 4.69) is 0 Å². The molecule has 1 aliphatic heterocycles. The van der Waals surface area contributed by atoms with E-state index in [9.17, 15) is 14.7 Å². The van der Waals surface area contributed by atoms with Crippen molar-refractivity contribution in [2.24, 2.45) is 5.41 Å². The monoisotopic (exact) mass is 480 g/mol. The topological polar surface area (TPSA) is 82.1 Å². The van der Waals surface area contributed by atoms with Crippen LogP contribution in [0.4, 0.5) is 0 Å². The molecule has 0 saturated carbocycles. The first kappa shape index (κ1) is 27.1. The second-order valence-corrected chi connectivity index (χ2v) is 11.3. The van der Waals surface area contributed by atoms with E-state index in [-0.39, 0.29) is 18.8 Å². The third kappa shape index (κ3) is 5.69. The molecule has 0 aromatic heterocycles. The summed E-state index contributed by atoms with van der Waals surface area (Å²) in [6.45, 7) is 15.4. The van der Waals surface area contributed by atoms with Gasteiger partial charge in [-0.15, -0.1) is 0 Å². The van der Waals surface area contributed by atoms with Gasteiger partial charge in [-0.1, -0.05) is 44.2 Å². The van der Waals surface area contributed by atoms with Crippen molar-refractivity contribution in [3.05, 3.63) is 65.3 Å². The Morgan fingerprint density at radius 1 is 1.09 bits per heavy atom. The number of ketones is 1. The largest absolute Gasteiger partial charge is 0.494 e. The van der Waals surface area contributed by atoms with Gasteiger partial charge in [0.15, 0.2) is 5.78 Å². The van der Waals surface area contributed by atoms with Crippen molar-refractivity contribution in [2.75, 3.05) is 0 Å². The zero-order chi connectivity index (χ0) is 26.2. The minimum Gasteiger partial charge on any atom is -0.458 e. The molecule has 1 atom stereocenters. The lowest BCUT2D eigenvalue weighted by molar-refractivity contribution is -0.139. The average molecular weight is 480 g/mol. The highest BCUT2D eigenvalue weighted by atomic mass is 16.7. The van der Waals surface area contributed by atoms with Crippen molar-refractivity contribution in [1.29, 1.82) is 0 Å². The number of hydrogen-bond acceptors (Lipinski definition) is 6. The normalized spacial score (nSPS) is 25.6. The highest BCUT2D eigenvalue weighted by Crippen LogP contribution is 2.44. The fourth-order valence-electron chi connectivity index (χ4n) is 4.30. The molecule has 188 valence electrons. The third-order valence-corrected chi connectivity index (χ3v) is 7.45. The van der Waals surface area contributed by atoms with Crippen LogP contribution in [0.3, 0.4) is 0 Å². The van der Waals surface area contributed by atoms with Gasteiger partial charge in [0, 0.05) is 17.9 Å². The van der Waals surface area contributed by atoms with Crippen LogP contribution in [0.5, 0.6) is 0 Å². The number of benzene rings is 1. The van der Waals surface area contributed by atoms with Gasteiger partial charge >= 0.3 is 13.1 Å². The Morgan fingerprint density at radius 3 is 2.20 bits per heavy atom. The molecule has 1 aromatic carbocycles. The Bertz CT molecular complexity index is 1060. The lowest BCUT2D eigenvalue weighted by atomic mass is 9.64. The summed E-state index contributed by atoms with van der Waals surface area (Å²) in [5, 5.41) is 11.2. The predicted octanol–water partition coefficient (Wildman–Crippen LogP) is 4.21. The van der Waals surface area contributed by atoms with Crippen LogP contribution < -0.4 is 5.46 Å². The van der Waals surface area contributed by atoms with E-state index in [1.807, 2.05) is 65.8 Å². The Labute approximate surface area is 209 Å². The van der Waals surface area contributed by atoms with Gasteiger partial charge in [0.25, 0.3) is 0 Å². The van der Waals surface area contributed by atoms with E-state index in [1.54, 1.807) is 26.0 Å². The molecule has 1 saturated heterocycles. The molecule has 0 bridgehead atoms. The summed E-state index contributed by atoms with van der Waals surface area (Å²) in [6, 6.07) is 7.62. The van der Waals surface area contributed by atoms with Crippen LogP contribution in [0, 0.1) is 5.41 Å². The lowest BCUT2D eigenvalue weighted by Crippen LogP contribution is -2.48. The van der Waals surface area contributed by atoms with Crippen molar-refractivity contribution in [3.8, 4) is 0 Å². The van der Waals surface area contributed by atoms with Gasteiger partial charge in [0.05, 0.1) is 11.2 Å². The first-order valence-corrected chi connectivity index (χ1v) is 12.0. The number of rotatable bonds is 6. The highest BCUT2D eigenvalue weighted by Gasteiger charge is 2.51. The molecule has 1 fully saturated rings. The Kier molecular flexibility index (Phi) is 7.38. The molecule has 2 aliphatic rings. The van der Waals surface area contributed by atoms with Crippen molar-refractivity contribution in [3.63, 3.8) is 0 Å². The number of aliphatic hydroxyl groups is 1. The zero-order valence-electron chi connectivity index (χ0n) is 22.1. The smallest absolute Gasteiger partial charge is 0.458 e. The number of carbonyl (C=O) groups is 2. The van der Waals surface area contributed by atoms with Gasteiger partial charge in [-0.05, 0) is 75.9 Å². The summed E-state index contributed by atoms with van der Waals surface area (Å²) in [7, 11) is -0.436. The maximum Gasteiger partial charge on any atom is 0.494 e. The number of carbonyl (C=O) groups excluding carboxylic acids is 2. The minimum atomic E-state index is -1.27. The fraction of sp³-hybridized carbons (Fsp3) is 0.500. The van der Waals surface area contributed by atoms with Gasteiger partial charge < -0.3 is 19.2 Å². The summed E-state index contributed by atoms with van der Waals surface area (Å²) < 4.78 is 17.5. The summed E-state index contributed by atoms with van der Waals surface area (Å²) in [6.07, 6.45) is 6.47. The van der Waals surface area contributed by atoms with Crippen LogP contribution in [0.25, 0.3) is 0 Å². The van der Waals surface area contributed by atoms with Crippen LogP contribution in [0.2, 0.25) is 0 Å². The Balaban J connectivity index is 1.58. The van der Waals surface area contributed by atoms with Gasteiger partial charge in [-0.3, -0.25) is 4.79 Å². The lowest BCUT2D eigenvalue weighted by Gasteiger charge is -2.44. The second-order valence-electron chi connectivity index (χ2n) is 11.3. The Morgan fingerprint density at radius 2 is 1.66 bits per heavy atom. The van der Waals surface area contributed by atoms with Gasteiger partial charge in [0.2, 0.25) is 0 Å². The first-order chi connectivity index (χ1) is 16.1. The van der Waals surface area contributed by atoms with Crippen molar-refractivity contribution >= 4 is 24.3 Å². The maximum absolute atomic E-state index is 12.3. The molecular weight excluding hydrogens is 443 g/mol. The van der Waals surface area contributed by atoms with Gasteiger partial charge in [0.1, 0.15) is 12.2 Å². The molecule has 7 heteroatoms. The average Bonchev–Trinajstić information content (AvgIpc) is 2.96. The number of ether oxygens (including phenoxy) is 1. The molecule has 1 heterocycles. The predicted molar refractivity (Wildman–Crippen MR) is 137 cm³/mol. The quantitative estimate of drug-likeness (QED) is 0.284. The van der Waals surface area contributed by atoms with Crippen molar-refractivity contribution < 1.29 is 28.7 Å². The number of allylic oxidation sites excluding steroid dienone is 3. The van der Waals surface area contributed by atoms with E-state index in [0.29, 0.717) is 11.1 Å². The third-order valence-electron chi connectivity index (χ3n) is 7.45. The number of esters is 1. The van der Waals surface area contributed by atoms with Crippen molar-refractivity contribution in [2.45, 2.75) is 85.2 Å². The van der Waals surface area contributed by atoms with E-state index in [0.717, 1.165) is 11.0 Å². The summed E-state index contributed by atoms with van der Waals surface area (Å²) >= 11 is 0. The summed E-state index contributed by atoms with van der Waals surface area (Å²) in [5.74, 6) is -0.468. The minimum absolute atomic E-state index is 0.00502. The molecule has 1 aromatic rings. The van der Waals surface area contributed by atoms with E-state index in [4.69, 9.17) is 14.0 Å². The second kappa shape index (κ2) is 9.53. The number of hydrogen-bond donors (Lipinski definition) is 1. The molecule has 0 spiro atoms. The molecule has 0 radical (unpaired) electrons. The molecule has 0 amide bonds. The summed E-state index contributed by atoms with van der Waals surface area (Å²) in [5.41, 5.74) is 0.275. The highest BCUT2D eigenvalue weighted by molar-refractivity contribution is 6.62. The molecule has 6 nitrogen and oxygen atoms in total. The molecule has 1 aliphatic carbocycles. The van der Waals surface area contributed by atoms with E-state index >= 15 is 0 Å². The van der Waals surface area contributed by atoms with Crippen LogP contribution in [-0.4, -0.2) is 40.8 Å². The zero-order valence-corrected chi connectivity index (χ0v) is 22.1. The first-order valence-electron chi connectivity index (χ1n) is 12.0. The van der Waals surface area contributed by atoms with Crippen LogP contribution in [0.15, 0.2) is 59.7 Å². The summed E-state index contributed by atoms with van der Waals surface area (Å²) in [4.78, 5) is 24.2. The van der Waals surface area contributed by atoms with Crippen LogP contribution in [-0.2, 0) is 30.2 Å². The SMILES string of the molecule is CC1=CC(=O)CC(C)(C)[C@@]1(O)/C=C/C(C)=C\C(=O)OCc1ccc(B2OC(C)(C)C(C)(C)O2)cc1. The standard InChI is InChI=1S/C28H37BO6/c1-19(13-14-28(32)20(2)16-23(30)17-25(28,3)4)15-24(31)33-18-21-9-11-22(12-10-21)29-34-26(5,6)27(7,8)35-29/h9-16,32H,17-18H2,1-8H3/b14-13+,19-15-/t28-/m1/s1. The fourth-order valence-corrected chi connectivity index (χ4v) is 4.30. The Hall–Kier alpha value is -2.48. The van der Waals surface area contributed by atoms with Crippen molar-refractivity contribution in [1.82, 2.24) is 0 Å². The molecule has 1 N–H and O–H groups in total. The van der Waals surface area contributed by atoms with E-state index < -0.39 is 35.3 Å². The van der Waals surface area contributed by atoms with Gasteiger partial charge in [-0.2, -0.15) is 0 Å². The molecule has 35 heavy (non-hydrogen) atoms. The van der Waals surface area contributed by atoms with Crippen LogP contribution >= 0.6 is 0 Å².